The van der Waals surface area contributed by atoms with Gasteiger partial charge in [-0.05, 0) is 56.6 Å². The number of anilines is 1. The van der Waals surface area contributed by atoms with Crippen LogP contribution in [0.3, 0.4) is 0 Å². The topological polar surface area (TPSA) is 32.5 Å². The van der Waals surface area contributed by atoms with Crippen LogP contribution in [0.15, 0.2) is 17.0 Å². The van der Waals surface area contributed by atoms with Gasteiger partial charge < -0.3 is 10.6 Å². The van der Waals surface area contributed by atoms with Crippen molar-refractivity contribution in [2.45, 2.75) is 18.2 Å². The molecule has 100 valence electrons. The normalized spacial score (nSPS) is 18.8. The largest absolute Gasteiger partial charge is 0.396 e. The Labute approximate surface area is 112 Å². The maximum absolute atomic E-state index is 13.3. The molecule has 0 atom stereocenters. The number of hydrogen-bond acceptors (Lipinski definition) is 4. The lowest BCUT2D eigenvalue weighted by Gasteiger charge is -2.20. The summed E-state index contributed by atoms with van der Waals surface area (Å²) in [6, 6.07) is 3.26. The lowest BCUT2D eigenvalue weighted by Crippen LogP contribution is -2.24. The molecule has 0 radical (unpaired) electrons. The molecule has 18 heavy (non-hydrogen) atoms. The summed E-state index contributed by atoms with van der Waals surface area (Å²) in [5.41, 5.74) is 6.81. The fourth-order valence-corrected chi connectivity index (χ4v) is 3.07. The number of aryl methyl sites for hydroxylation is 1. The van der Waals surface area contributed by atoms with Gasteiger partial charge in [-0.2, -0.15) is 0 Å². The quantitative estimate of drug-likeness (QED) is 0.660. The van der Waals surface area contributed by atoms with Crippen LogP contribution in [0.4, 0.5) is 10.1 Å². The first-order valence-corrected chi connectivity index (χ1v) is 7.00. The van der Waals surface area contributed by atoms with Gasteiger partial charge in [-0.15, -0.1) is 0 Å². The van der Waals surface area contributed by atoms with Gasteiger partial charge >= 0.3 is 0 Å². The maximum atomic E-state index is 13.3. The number of hydrogen-bond donors (Lipinski definition) is 1. The van der Waals surface area contributed by atoms with Gasteiger partial charge in [0.05, 0.1) is 5.69 Å². The molecule has 0 spiro atoms. The van der Waals surface area contributed by atoms with Crippen LogP contribution in [0.25, 0.3) is 0 Å². The summed E-state index contributed by atoms with van der Waals surface area (Å²) in [5.74, 6) is -0.326. The van der Waals surface area contributed by atoms with Crippen LogP contribution in [-0.4, -0.2) is 42.4 Å². The molecule has 1 aliphatic heterocycles. The maximum Gasteiger partial charge on any atom is 0.146 e. The molecule has 2 rings (SSSR count). The molecule has 1 aromatic rings. The fourth-order valence-electron chi connectivity index (χ4n) is 2.02. The van der Waals surface area contributed by atoms with Crippen molar-refractivity contribution >= 4 is 17.6 Å². The molecule has 1 heterocycles. The summed E-state index contributed by atoms with van der Waals surface area (Å²) >= 11 is 1.69. The van der Waals surface area contributed by atoms with Crippen molar-refractivity contribution < 1.29 is 4.39 Å². The number of nitrogen functional groups attached to an aromatic ring is 1. The van der Waals surface area contributed by atoms with Gasteiger partial charge in [0.15, 0.2) is 0 Å². The van der Waals surface area contributed by atoms with E-state index in [2.05, 4.69) is 16.3 Å². The van der Waals surface area contributed by atoms with Crippen molar-refractivity contribution in [2.75, 3.05) is 39.0 Å². The summed E-state index contributed by atoms with van der Waals surface area (Å²) in [6.45, 7) is 6.22. The van der Waals surface area contributed by atoms with Gasteiger partial charge in [0.2, 0.25) is 0 Å². The minimum Gasteiger partial charge on any atom is -0.396 e. The Morgan fingerprint density at radius 3 is 2.78 bits per heavy atom. The van der Waals surface area contributed by atoms with E-state index in [4.69, 9.17) is 5.73 Å². The minimum absolute atomic E-state index is 0.232. The predicted octanol–water partition coefficient (Wildman–Crippen LogP) is 2.36. The van der Waals surface area contributed by atoms with E-state index >= 15 is 0 Å². The molecule has 0 amide bonds. The minimum atomic E-state index is -0.326. The lowest BCUT2D eigenvalue weighted by atomic mass is 10.2. The van der Waals surface area contributed by atoms with Gasteiger partial charge in [0.1, 0.15) is 5.82 Å². The van der Waals surface area contributed by atoms with Crippen LogP contribution in [0.5, 0.6) is 0 Å². The molecule has 1 aromatic carbocycles. The van der Waals surface area contributed by atoms with Crippen LogP contribution in [0.2, 0.25) is 0 Å². The predicted molar refractivity (Wildman–Crippen MR) is 75.1 cm³/mol. The molecular formula is C13H20FN3S. The van der Waals surface area contributed by atoms with Crippen LogP contribution in [-0.2, 0) is 0 Å². The first-order chi connectivity index (χ1) is 8.56. The molecule has 1 saturated heterocycles. The van der Waals surface area contributed by atoms with Crippen LogP contribution in [0.1, 0.15) is 12.0 Å². The highest BCUT2D eigenvalue weighted by Crippen LogP contribution is 2.29. The Morgan fingerprint density at radius 2 is 2.00 bits per heavy atom. The van der Waals surface area contributed by atoms with Gasteiger partial charge in [0, 0.05) is 24.5 Å². The second-order valence-corrected chi connectivity index (χ2v) is 5.96. The van der Waals surface area contributed by atoms with Crippen LogP contribution >= 0.6 is 11.9 Å². The van der Waals surface area contributed by atoms with Crippen molar-refractivity contribution in [3.8, 4) is 0 Å². The van der Waals surface area contributed by atoms with Crippen molar-refractivity contribution in [3.05, 3.63) is 23.5 Å². The third-order valence-corrected chi connectivity index (χ3v) is 4.46. The molecule has 0 aliphatic carbocycles. The third kappa shape index (κ3) is 3.37. The van der Waals surface area contributed by atoms with Gasteiger partial charge in [0.25, 0.3) is 0 Å². The third-order valence-electron chi connectivity index (χ3n) is 3.20. The molecule has 2 N–H and O–H groups in total. The molecule has 1 aliphatic rings. The number of halogens is 1. The number of nitrogens with two attached hydrogens (primary N) is 1. The highest BCUT2D eigenvalue weighted by Gasteiger charge is 2.15. The molecule has 0 saturated carbocycles. The second kappa shape index (κ2) is 5.91. The zero-order chi connectivity index (χ0) is 13.1. The molecular weight excluding hydrogens is 249 g/mol. The smallest absolute Gasteiger partial charge is 0.146 e. The highest BCUT2D eigenvalue weighted by atomic mass is 32.2. The Bertz CT molecular complexity index is 425. The summed E-state index contributed by atoms with van der Waals surface area (Å²) in [7, 11) is 2.15. The zero-order valence-corrected chi connectivity index (χ0v) is 11.8. The molecule has 0 bridgehead atoms. The molecule has 1 fully saturated rings. The average Bonchev–Trinajstić information content (AvgIpc) is 2.51. The zero-order valence-electron chi connectivity index (χ0n) is 10.9. The molecule has 5 heteroatoms. The van der Waals surface area contributed by atoms with Crippen LogP contribution in [0, 0.1) is 12.7 Å². The number of likely N-dealkylation sites (N-methyl/N-ethyl adjacent to an activating group) is 1. The Balaban J connectivity index is 2.06. The van der Waals surface area contributed by atoms with E-state index < -0.39 is 0 Å². The lowest BCUT2D eigenvalue weighted by molar-refractivity contribution is 0.351. The molecule has 0 aromatic heterocycles. The van der Waals surface area contributed by atoms with Crippen LogP contribution < -0.4 is 5.73 Å². The van der Waals surface area contributed by atoms with Crippen molar-refractivity contribution in [2.24, 2.45) is 0 Å². The first kappa shape index (κ1) is 13.6. The summed E-state index contributed by atoms with van der Waals surface area (Å²) < 4.78 is 15.6. The number of benzene rings is 1. The van der Waals surface area contributed by atoms with Gasteiger partial charge in [-0.1, -0.05) is 0 Å². The Morgan fingerprint density at radius 1 is 1.22 bits per heavy atom. The molecule has 3 nitrogen and oxygen atoms in total. The Kier molecular flexibility index (Phi) is 4.48. The Hall–Kier alpha value is -0.780. The van der Waals surface area contributed by atoms with Crippen molar-refractivity contribution in [3.63, 3.8) is 0 Å². The average molecular weight is 269 g/mol. The SMILES string of the molecule is Cc1cc(F)c(N)cc1SN1CCCN(C)CC1. The second-order valence-electron chi connectivity index (χ2n) is 4.82. The first-order valence-electron chi connectivity index (χ1n) is 6.23. The summed E-state index contributed by atoms with van der Waals surface area (Å²) in [6.07, 6.45) is 1.17. The van der Waals surface area contributed by atoms with E-state index in [0.717, 1.165) is 36.6 Å². The van der Waals surface area contributed by atoms with Crippen molar-refractivity contribution in [1.29, 1.82) is 0 Å². The monoisotopic (exact) mass is 269 g/mol. The van der Waals surface area contributed by atoms with Crippen molar-refractivity contribution in [1.82, 2.24) is 9.21 Å². The van der Waals surface area contributed by atoms with E-state index in [1.54, 1.807) is 18.0 Å². The van der Waals surface area contributed by atoms with E-state index in [9.17, 15) is 4.39 Å². The standard InChI is InChI=1S/C13H20FN3S/c1-10-8-11(14)12(15)9-13(10)18-17-5-3-4-16(2)6-7-17/h8-9H,3-7,15H2,1-2H3. The van der Waals surface area contributed by atoms with E-state index in [1.807, 2.05) is 6.92 Å². The van der Waals surface area contributed by atoms with Gasteiger partial charge in [-0.25, -0.2) is 8.70 Å². The van der Waals surface area contributed by atoms with E-state index in [1.165, 1.54) is 12.5 Å². The fraction of sp³-hybridized carbons (Fsp3) is 0.538. The highest BCUT2D eigenvalue weighted by molar-refractivity contribution is 7.97. The summed E-state index contributed by atoms with van der Waals surface area (Å²) in [5, 5.41) is 0. The van der Waals surface area contributed by atoms with E-state index in [-0.39, 0.29) is 11.5 Å². The molecule has 0 unspecified atom stereocenters. The number of rotatable bonds is 2. The van der Waals surface area contributed by atoms with E-state index in [0.29, 0.717) is 0 Å². The summed E-state index contributed by atoms with van der Waals surface area (Å²) in [4.78, 5) is 3.39. The number of nitrogens with zero attached hydrogens (tertiary/aromatic N) is 2. The van der Waals surface area contributed by atoms with Gasteiger partial charge in [-0.3, -0.25) is 0 Å².